The van der Waals surface area contributed by atoms with E-state index in [1.54, 1.807) is 43.3 Å². The van der Waals surface area contributed by atoms with Gasteiger partial charge in [-0.3, -0.25) is 10.2 Å². The molecular formula is C46H59F2N5O7S. The third-order valence-electron chi connectivity index (χ3n) is 13.2. The third kappa shape index (κ3) is 10.1. The zero-order chi connectivity index (χ0) is 43.2. The van der Waals surface area contributed by atoms with Crippen LogP contribution in [0.4, 0.5) is 19.3 Å². The normalized spacial score (nSPS) is 22.5. The Morgan fingerprint density at radius 3 is 2.36 bits per heavy atom. The summed E-state index contributed by atoms with van der Waals surface area (Å²) in [5.41, 5.74) is 0.228. The number of methoxy groups -OCH3 is 1. The lowest BCUT2D eigenvalue weighted by molar-refractivity contribution is -0.137. The molecule has 4 aliphatic rings. The van der Waals surface area contributed by atoms with E-state index < -0.39 is 39.2 Å². The van der Waals surface area contributed by atoms with E-state index in [2.05, 4.69) is 26.5 Å². The van der Waals surface area contributed by atoms with Crippen LogP contribution in [-0.2, 0) is 29.5 Å². The van der Waals surface area contributed by atoms with Crippen molar-refractivity contribution in [3.05, 3.63) is 102 Å². The summed E-state index contributed by atoms with van der Waals surface area (Å²) in [5, 5.41) is 16.6. The number of piperidine rings is 1. The molecule has 3 heterocycles. The highest BCUT2D eigenvalue weighted by Gasteiger charge is 2.54. The SMILES string of the molecule is CCOC(=O)/C=C/CNC(O)c1cccc(S(=O)(=O)c2ccc(N3CC(F)(CN4CCC(C(CN5CCC5)(c5cccc(F)c5)[C@H]5CCC[C@@H]5NC(=O)OC)CC4)C3)cc2)c1. The number of alkyl halides is 1. The van der Waals surface area contributed by atoms with Crippen molar-refractivity contribution in [2.45, 2.75) is 78.6 Å². The Morgan fingerprint density at radius 2 is 1.69 bits per heavy atom. The van der Waals surface area contributed by atoms with E-state index in [4.69, 9.17) is 9.47 Å². The molecule has 12 nitrogen and oxygen atoms in total. The lowest BCUT2D eigenvalue weighted by atomic mass is 9.57. The molecule has 2 unspecified atom stereocenters. The number of hydrogen-bond acceptors (Lipinski definition) is 11. The number of nitrogens with one attached hydrogen (secondary N) is 2. The Hall–Kier alpha value is -4.41. The molecule has 4 atom stereocenters. The lowest BCUT2D eigenvalue weighted by Gasteiger charge is -2.54. The summed E-state index contributed by atoms with van der Waals surface area (Å²) in [5.74, 6) is -0.457. The molecule has 3 N–H and O–H groups in total. The quantitative estimate of drug-likeness (QED) is 0.0867. The first-order valence-electron chi connectivity index (χ1n) is 21.5. The molecule has 0 radical (unpaired) electrons. The van der Waals surface area contributed by atoms with Gasteiger partial charge >= 0.3 is 12.1 Å². The van der Waals surface area contributed by atoms with Crippen molar-refractivity contribution in [3.63, 3.8) is 0 Å². The van der Waals surface area contributed by atoms with Gasteiger partial charge in [0.2, 0.25) is 9.84 Å². The molecule has 15 heteroatoms. The number of anilines is 1. The van der Waals surface area contributed by atoms with Crippen LogP contribution in [0.5, 0.6) is 0 Å². The predicted molar refractivity (Wildman–Crippen MR) is 228 cm³/mol. The fourth-order valence-electron chi connectivity index (χ4n) is 10.1. The van der Waals surface area contributed by atoms with Gasteiger partial charge in [-0.25, -0.2) is 26.8 Å². The molecule has 330 valence electrons. The molecule has 3 aromatic carbocycles. The summed E-state index contributed by atoms with van der Waals surface area (Å²) in [6.07, 6.45) is 6.66. The Labute approximate surface area is 358 Å². The van der Waals surface area contributed by atoms with Crippen molar-refractivity contribution >= 4 is 27.6 Å². The zero-order valence-electron chi connectivity index (χ0n) is 35.1. The number of halogens is 2. The van der Waals surface area contributed by atoms with Gasteiger partial charge in [-0.2, -0.15) is 0 Å². The van der Waals surface area contributed by atoms with Gasteiger partial charge in [0.05, 0.1) is 36.6 Å². The van der Waals surface area contributed by atoms with Gasteiger partial charge in [0, 0.05) is 42.9 Å². The first-order valence-corrected chi connectivity index (χ1v) is 23.0. The van der Waals surface area contributed by atoms with Crippen LogP contribution in [-0.4, -0.2) is 120 Å². The van der Waals surface area contributed by atoms with E-state index in [0.29, 0.717) is 18.7 Å². The van der Waals surface area contributed by atoms with Crippen molar-refractivity contribution in [2.24, 2.45) is 11.8 Å². The molecule has 7 rings (SSSR count). The van der Waals surface area contributed by atoms with Gasteiger partial charge in [0.15, 0.2) is 5.67 Å². The number of carbonyl (C=O) groups is 2. The minimum atomic E-state index is -3.93. The number of carbonyl (C=O) groups excluding carboxylic acids is 2. The fourth-order valence-corrected chi connectivity index (χ4v) is 11.4. The minimum Gasteiger partial charge on any atom is -0.463 e. The first-order chi connectivity index (χ1) is 29.3. The van der Waals surface area contributed by atoms with E-state index in [-0.39, 0.29) is 66.3 Å². The molecule has 0 spiro atoms. The van der Waals surface area contributed by atoms with Crippen LogP contribution in [0.25, 0.3) is 0 Å². The lowest BCUT2D eigenvalue weighted by Crippen LogP contribution is -2.65. The van der Waals surface area contributed by atoms with Crippen LogP contribution >= 0.6 is 0 Å². The van der Waals surface area contributed by atoms with E-state index >= 15 is 8.78 Å². The number of aliphatic hydroxyl groups excluding tert-OH is 1. The van der Waals surface area contributed by atoms with Crippen molar-refractivity contribution in [1.82, 2.24) is 20.4 Å². The van der Waals surface area contributed by atoms with Crippen LogP contribution < -0.4 is 15.5 Å². The standard InChI is InChI=1S/C46H59F2N5O7S/c1-3-60-42(54)15-7-22-49-43(55)33-9-4-12-39(27-33)61(57,58)38-18-16-37(17-19-38)53-30-45(48,31-53)29-52-25-20-34(21-26-52)46(32-51-23-8-24-51,35-10-5-11-36(47)28-35)40-13-6-14-41(40)50-44(56)59-2/h4-5,7,9-12,15-19,27-28,34,40-41,43,49,55H,3,6,8,13-14,20-26,29-32H2,1-2H3,(H,50,56)/b15-7+/t40-,41-,43?,46?/m0/s1. The van der Waals surface area contributed by atoms with Crippen LogP contribution in [0.3, 0.4) is 0 Å². The number of benzene rings is 3. The Morgan fingerprint density at radius 1 is 0.951 bits per heavy atom. The van der Waals surface area contributed by atoms with Crippen molar-refractivity contribution in [2.75, 3.05) is 77.5 Å². The molecule has 3 aliphatic heterocycles. The van der Waals surface area contributed by atoms with E-state index in [9.17, 15) is 23.1 Å². The molecule has 61 heavy (non-hydrogen) atoms. The van der Waals surface area contributed by atoms with Crippen molar-refractivity contribution < 1.29 is 41.4 Å². The molecule has 0 aromatic heterocycles. The average Bonchev–Trinajstić information content (AvgIpc) is 3.70. The summed E-state index contributed by atoms with van der Waals surface area (Å²) in [4.78, 5) is 30.7. The van der Waals surface area contributed by atoms with Gasteiger partial charge in [-0.05, 0) is 137 Å². The zero-order valence-corrected chi connectivity index (χ0v) is 35.9. The maximum Gasteiger partial charge on any atom is 0.407 e. The fraction of sp³-hybridized carbons (Fsp3) is 0.522. The number of hydrogen-bond donors (Lipinski definition) is 3. The van der Waals surface area contributed by atoms with E-state index in [0.717, 1.165) is 69.4 Å². The molecule has 0 bridgehead atoms. The number of rotatable bonds is 17. The van der Waals surface area contributed by atoms with Crippen molar-refractivity contribution in [3.8, 4) is 0 Å². The second-order valence-electron chi connectivity index (χ2n) is 17.1. The maximum atomic E-state index is 16.4. The average molecular weight is 864 g/mol. The largest absolute Gasteiger partial charge is 0.463 e. The second kappa shape index (κ2) is 19.3. The molecule has 4 fully saturated rings. The summed E-state index contributed by atoms with van der Waals surface area (Å²) in [6.45, 7) is 6.98. The number of esters is 1. The summed E-state index contributed by atoms with van der Waals surface area (Å²) in [6, 6.07) is 19.4. The number of aliphatic hydroxyl groups is 1. The number of ether oxygens (including phenoxy) is 2. The van der Waals surface area contributed by atoms with Gasteiger partial charge in [0.25, 0.3) is 0 Å². The monoisotopic (exact) mass is 863 g/mol. The third-order valence-corrected chi connectivity index (χ3v) is 15.0. The van der Waals surface area contributed by atoms with Crippen LogP contribution in [0.2, 0.25) is 0 Å². The Kier molecular flexibility index (Phi) is 14.1. The topological polar surface area (TPSA) is 141 Å². The van der Waals surface area contributed by atoms with Gasteiger partial charge < -0.3 is 29.7 Å². The molecule has 1 aliphatic carbocycles. The molecule has 1 saturated carbocycles. The van der Waals surface area contributed by atoms with E-state index in [1.807, 2.05) is 4.90 Å². The molecule has 3 aromatic rings. The minimum absolute atomic E-state index is 0.0193. The van der Waals surface area contributed by atoms with Gasteiger partial charge in [-0.1, -0.05) is 36.8 Å². The number of alkyl carbamates (subject to hydrolysis) is 1. The van der Waals surface area contributed by atoms with Crippen LogP contribution in [0, 0.1) is 17.7 Å². The number of amides is 1. The first kappa shape index (κ1) is 44.6. The van der Waals surface area contributed by atoms with Gasteiger partial charge in [0.1, 0.15) is 12.0 Å². The van der Waals surface area contributed by atoms with Gasteiger partial charge in [-0.15, -0.1) is 0 Å². The molecular weight excluding hydrogens is 805 g/mol. The number of nitrogens with zero attached hydrogens (tertiary/aromatic N) is 3. The Balaban J connectivity index is 0.970. The second-order valence-corrected chi connectivity index (χ2v) is 19.0. The van der Waals surface area contributed by atoms with Crippen LogP contribution in [0.15, 0.2) is 94.7 Å². The van der Waals surface area contributed by atoms with Crippen molar-refractivity contribution in [1.29, 1.82) is 0 Å². The highest BCUT2D eigenvalue weighted by atomic mass is 32.2. The van der Waals surface area contributed by atoms with Crippen LogP contribution in [0.1, 0.15) is 62.8 Å². The maximum absolute atomic E-state index is 16.4. The highest BCUT2D eigenvalue weighted by molar-refractivity contribution is 7.91. The molecule has 3 saturated heterocycles. The molecule has 1 amide bonds. The summed E-state index contributed by atoms with van der Waals surface area (Å²) < 4.78 is 68.5. The number of sulfone groups is 1. The summed E-state index contributed by atoms with van der Waals surface area (Å²) in [7, 11) is -2.54. The Bertz CT molecular complexity index is 2120. The predicted octanol–water partition coefficient (Wildman–Crippen LogP) is 5.77. The summed E-state index contributed by atoms with van der Waals surface area (Å²) >= 11 is 0. The van der Waals surface area contributed by atoms with E-state index in [1.165, 1.54) is 49.6 Å². The smallest absolute Gasteiger partial charge is 0.407 e. The highest BCUT2D eigenvalue weighted by Crippen LogP contribution is 2.52. The number of likely N-dealkylation sites (tertiary alicyclic amines) is 2.